The summed E-state index contributed by atoms with van der Waals surface area (Å²) < 4.78 is 5.75. The van der Waals surface area contributed by atoms with Gasteiger partial charge in [-0.3, -0.25) is 4.79 Å². The Morgan fingerprint density at radius 3 is 2.71 bits per heavy atom. The quantitative estimate of drug-likeness (QED) is 0.596. The molecular formula is C20H32NO3+. The number of allylic oxidation sites excluding steroid dienone is 2. The Morgan fingerprint density at radius 1 is 1.21 bits per heavy atom. The molecular weight excluding hydrogens is 302 g/mol. The van der Waals surface area contributed by atoms with E-state index in [2.05, 4.69) is 19.9 Å². The molecule has 4 nitrogen and oxygen atoms in total. The van der Waals surface area contributed by atoms with Crippen LogP contribution in [-0.4, -0.2) is 42.9 Å². The Morgan fingerprint density at radius 2 is 1.96 bits per heavy atom. The summed E-state index contributed by atoms with van der Waals surface area (Å²) in [5, 5.41) is 10.8. The molecule has 0 aromatic rings. The van der Waals surface area contributed by atoms with E-state index in [1.165, 1.54) is 35.3 Å². The highest BCUT2D eigenvalue weighted by Crippen LogP contribution is 2.36. The van der Waals surface area contributed by atoms with Crippen molar-refractivity contribution < 1.29 is 19.5 Å². The van der Waals surface area contributed by atoms with Crippen LogP contribution >= 0.6 is 0 Å². The molecule has 0 radical (unpaired) electrons. The highest BCUT2D eigenvalue weighted by atomic mass is 16.6. The van der Waals surface area contributed by atoms with Crippen molar-refractivity contribution in [3.63, 3.8) is 0 Å². The molecule has 2 saturated heterocycles. The van der Waals surface area contributed by atoms with Gasteiger partial charge in [-0.2, -0.15) is 0 Å². The summed E-state index contributed by atoms with van der Waals surface area (Å²) in [5.41, 5.74) is 2.47. The van der Waals surface area contributed by atoms with Crippen molar-refractivity contribution in [1.82, 2.24) is 0 Å². The van der Waals surface area contributed by atoms with E-state index in [1.807, 2.05) is 6.08 Å². The van der Waals surface area contributed by atoms with Crippen molar-refractivity contribution in [3.8, 4) is 0 Å². The van der Waals surface area contributed by atoms with Gasteiger partial charge >= 0.3 is 5.97 Å². The number of ether oxygens (including phenoxy) is 1. The SMILES string of the molecule is CC1=C[C@@H](O)[C@@H]2[C@H](CC(C)=CCC1)OC(=O)[C@H]2C[NH+]1CCCCC1. The highest BCUT2D eigenvalue weighted by molar-refractivity contribution is 5.75. The zero-order valence-electron chi connectivity index (χ0n) is 15.1. The van der Waals surface area contributed by atoms with E-state index in [4.69, 9.17) is 4.74 Å². The van der Waals surface area contributed by atoms with E-state index in [1.54, 1.807) is 0 Å². The molecule has 0 saturated carbocycles. The van der Waals surface area contributed by atoms with Gasteiger partial charge in [0.15, 0.2) is 0 Å². The molecule has 2 N–H and O–H groups in total. The Kier molecular flexibility index (Phi) is 5.77. The van der Waals surface area contributed by atoms with Gasteiger partial charge < -0.3 is 14.7 Å². The second-order valence-electron chi connectivity index (χ2n) is 7.97. The van der Waals surface area contributed by atoms with Crippen LogP contribution in [-0.2, 0) is 9.53 Å². The number of carbonyl (C=O) groups is 1. The number of aliphatic hydroxyl groups is 1. The average Bonchev–Trinajstić information content (AvgIpc) is 2.83. The predicted molar refractivity (Wildman–Crippen MR) is 93.6 cm³/mol. The van der Waals surface area contributed by atoms with Gasteiger partial charge in [0, 0.05) is 12.3 Å². The number of carbonyl (C=O) groups excluding carboxylic acids is 1. The van der Waals surface area contributed by atoms with Crippen LogP contribution in [0.2, 0.25) is 0 Å². The van der Waals surface area contributed by atoms with Crippen LogP contribution < -0.4 is 4.90 Å². The van der Waals surface area contributed by atoms with Gasteiger partial charge in [-0.25, -0.2) is 0 Å². The van der Waals surface area contributed by atoms with Crippen LogP contribution in [0.1, 0.15) is 52.4 Å². The van der Waals surface area contributed by atoms with Crippen molar-refractivity contribution in [1.29, 1.82) is 0 Å². The Bertz CT molecular complexity index is 519. The molecule has 24 heavy (non-hydrogen) atoms. The van der Waals surface area contributed by atoms with Crippen molar-refractivity contribution in [2.45, 2.75) is 64.6 Å². The van der Waals surface area contributed by atoms with Crippen molar-refractivity contribution in [3.05, 3.63) is 23.3 Å². The molecule has 1 aliphatic carbocycles. The van der Waals surface area contributed by atoms with Crippen LogP contribution in [0, 0.1) is 11.8 Å². The highest BCUT2D eigenvalue weighted by Gasteiger charge is 2.49. The zero-order chi connectivity index (χ0) is 17.1. The third-order valence-electron chi connectivity index (χ3n) is 5.94. The average molecular weight is 334 g/mol. The first-order chi connectivity index (χ1) is 11.5. The lowest BCUT2D eigenvalue weighted by atomic mass is 9.81. The summed E-state index contributed by atoms with van der Waals surface area (Å²) in [4.78, 5) is 14.1. The standard InChI is InChI=1S/C20H31NO3/c1-14-7-6-8-15(2)12-18-19(17(22)11-14)16(20(23)24-18)13-21-9-4-3-5-10-21/h8,11,16-19,22H,3-7,9-10,12-13H2,1-2H3/p+1/t16-,17+,18-,19+/m0/s1. The second-order valence-corrected chi connectivity index (χ2v) is 7.97. The van der Waals surface area contributed by atoms with Crippen LogP contribution in [0.5, 0.6) is 0 Å². The molecule has 3 rings (SSSR count). The van der Waals surface area contributed by atoms with Crippen molar-refractivity contribution in [2.24, 2.45) is 11.8 Å². The molecule has 0 amide bonds. The van der Waals surface area contributed by atoms with E-state index in [0.29, 0.717) is 0 Å². The summed E-state index contributed by atoms with van der Waals surface area (Å²) in [6.07, 6.45) is 9.97. The Hall–Kier alpha value is -1.13. The lowest BCUT2D eigenvalue weighted by Crippen LogP contribution is -3.13. The predicted octanol–water partition coefficient (Wildman–Crippen LogP) is 1.65. The largest absolute Gasteiger partial charge is 0.461 e. The molecule has 3 aliphatic rings. The maximum Gasteiger partial charge on any atom is 0.315 e. The molecule has 0 aromatic heterocycles. The number of aliphatic hydroxyl groups excluding tert-OH is 1. The minimum atomic E-state index is -0.582. The monoisotopic (exact) mass is 334 g/mol. The molecule has 134 valence electrons. The minimum Gasteiger partial charge on any atom is -0.461 e. The molecule has 2 heterocycles. The van der Waals surface area contributed by atoms with Gasteiger partial charge in [-0.15, -0.1) is 0 Å². The molecule has 0 aromatic carbocycles. The summed E-state index contributed by atoms with van der Waals surface area (Å²) in [6.45, 7) is 7.29. The maximum absolute atomic E-state index is 12.6. The van der Waals surface area contributed by atoms with E-state index in [9.17, 15) is 9.90 Å². The van der Waals surface area contributed by atoms with Gasteiger partial charge in [0.05, 0.1) is 25.7 Å². The number of fused-ring (bicyclic) bond motifs is 1. The zero-order valence-corrected chi connectivity index (χ0v) is 15.1. The number of piperidine rings is 1. The van der Waals surface area contributed by atoms with E-state index < -0.39 is 6.10 Å². The number of quaternary nitrogens is 1. The fourth-order valence-corrected chi connectivity index (χ4v) is 4.59. The van der Waals surface area contributed by atoms with E-state index in [-0.39, 0.29) is 23.9 Å². The number of hydrogen-bond acceptors (Lipinski definition) is 3. The number of likely N-dealkylation sites (tertiary alicyclic amines) is 1. The number of esters is 1. The van der Waals surface area contributed by atoms with Gasteiger partial charge in [-0.1, -0.05) is 23.3 Å². The molecule has 0 bridgehead atoms. The van der Waals surface area contributed by atoms with Crippen molar-refractivity contribution >= 4 is 5.97 Å². The normalized spacial score (nSPS) is 35.7. The lowest BCUT2D eigenvalue weighted by molar-refractivity contribution is -0.907. The first kappa shape index (κ1) is 17.7. The maximum atomic E-state index is 12.6. The van der Waals surface area contributed by atoms with E-state index in [0.717, 1.165) is 38.9 Å². The van der Waals surface area contributed by atoms with Gasteiger partial charge in [0.2, 0.25) is 0 Å². The fraction of sp³-hybridized carbons (Fsp3) is 0.750. The summed E-state index contributed by atoms with van der Waals surface area (Å²) >= 11 is 0. The third kappa shape index (κ3) is 4.09. The molecule has 4 heteroatoms. The number of rotatable bonds is 2. The van der Waals surface area contributed by atoms with Crippen molar-refractivity contribution in [2.75, 3.05) is 19.6 Å². The van der Waals surface area contributed by atoms with Gasteiger partial charge in [-0.05, 0) is 46.0 Å². The van der Waals surface area contributed by atoms with Gasteiger partial charge in [0.1, 0.15) is 12.0 Å². The first-order valence-electron chi connectivity index (χ1n) is 9.59. The summed E-state index contributed by atoms with van der Waals surface area (Å²) in [6, 6.07) is 0. The third-order valence-corrected chi connectivity index (χ3v) is 5.94. The first-order valence-corrected chi connectivity index (χ1v) is 9.59. The molecule has 2 aliphatic heterocycles. The van der Waals surface area contributed by atoms with E-state index >= 15 is 0 Å². The number of nitrogens with one attached hydrogen (secondary N) is 1. The molecule has 0 spiro atoms. The Balaban J connectivity index is 1.81. The number of hydrogen-bond donors (Lipinski definition) is 2. The topological polar surface area (TPSA) is 51.0 Å². The van der Waals surface area contributed by atoms with Crippen LogP contribution in [0.15, 0.2) is 23.3 Å². The summed E-state index contributed by atoms with van der Waals surface area (Å²) in [7, 11) is 0. The van der Waals surface area contributed by atoms with Crippen LogP contribution in [0.3, 0.4) is 0 Å². The molecule has 4 atom stereocenters. The lowest BCUT2D eigenvalue weighted by Gasteiger charge is -2.29. The fourth-order valence-electron chi connectivity index (χ4n) is 4.59. The minimum absolute atomic E-state index is 0.0970. The molecule has 2 fully saturated rings. The molecule has 0 unspecified atom stereocenters. The smallest absolute Gasteiger partial charge is 0.315 e. The summed E-state index contributed by atoms with van der Waals surface area (Å²) in [5.74, 6) is -0.377. The van der Waals surface area contributed by atoms with Gasteiger partial charge in [0.25, 0.3) is 0 Å². The van der Waals surface area contributed by atoms with Crippen LogP contribution in [0.4, 0.5) is 0 Å². The Labute approximate surface area is 145 Å². The van der Waals surface area contributed by atoms with Crippen LogP contribution in [0.25, 0.3) is 0 Å². The second kappa shape index (κ2) is 7.83.